The van der Waals surface area contributed by atoms with Crippen LogP contribution >= 0.6 is 0 Å². The predicted octanol–water partition coefficient (Wildman–Crippen LogP) is 4.54. The van der Waals surface area contributed by atoms with Gasteiger partial charge in [-0.2, -0.15) is 0 Å². The zero-order chi connectivity index (χ0) is 14.3. The number of nitrogens with zero attached hydrogens (tertiary/aromatic N) is 1. The normalized spacial score (nSPS) is 14.2. The number of benzene rings is 1. The van der Waals surface area contributed by atoms with Crippen molar-refractivity contribution in [3.8, 4) is 0 Å². The molecule has 108 valence electrons. The Morgan fingerprint density at radius 2 is 1.68 bits per heavy atom. The molecule has 1 aromatic carbocycles. The third-order valence-corrected chi connectivity index (χ3v) is 3.87. The Labute approximate surface area is 118 Å². The lowest BCUT2D eigenvalue weighted by Crippen LogP contribution is -2.33. The lowest BCUT2D eigenvalue weighted by atomic mass is 10.1. The molecule has 0 heterocycles. The minimum Gasteiger partial charge on any atom is -0.388 e. The molecule has 1 unspecified atom stereocenters. The van der Waals surface area contributed by atoms with Gasteiger partial charge in [0, 0.05) is 18.3 Å². The fourth-order valence-electron chi connectivity index (χ4n) is 2.28. The molecule has 0 fully saturated rings. The van der Waals surface area contributed by atoms with Gasteiger partial charge in [0.25, 0.3) is 0 Å². The molecule has 0 aliphatic heterocycles. The Balaban J connectivity index is 2.84. The molecule has 1 aromatic rings. The van der Waals surface area contributed by atoms with Gasteiger partial charge in [0.2, 0.25) is 0 Å². The molecule has 2 nitrogen and oxygen atoms in total. The van der Waals surface area contributed by atoms with Gasteiger partial charge < -0.3 is 10.0 Å². The molecule has 0 saturated carbocycles. The first-order valence-electron chi connectivity index (χ1n) is 7.68. The van der Waals surface area contributed by atoms with Crippen molar-refractivity contribution >= 4 is 5.69 Å². The number of hydrogen-bond donors (Lipinski definition) is 1. The van der Waals surface area contributed by atoms with Crippen LogP contribution in [-0.2, 0) is 0 Å². The van der Waals surface area contributed by atoms with E-state index in [4.69, 9.17) is 0 Å². The number of unbranched alkanes of at least 4 members (excludes halogenated alkanes) is 1. The molecule has 1 rings (SSSR count). The fourth-order valence-corrected chi connectivity index (χ4v) is 2.28. The van der Waals surface area contributed by atoms with Crippen LogP contribution in [0.15, 0.2) is 24.3 Å². The lowest BCUT2D eigenvalue weighted by molar-refractivity contribution is 0.173. The summed E-state index contributed by atoms with van der Waals surface area (Å²) in [6.45, 7) is 9.87. The number of rotatable bonds is 8. The van der Waals surface area contributed by atoms with E-state index in [1.54, 1.807) is 0 Å². The summed E-state index contributed by atoms with van der Waals surface area (Å²) in [5, 5.41) is 9.84. The van der Waals surface area contributed by atoms with Crippen molar-refractivity contribution in [1.29, 1.82) is 0 Å². The summed E-state index contributed by atoms with van der Waals surface area (Å²) >= 11 is 0. The second kappa shape index (κ2) is 8.21. The standard InChI is InChI=1S/C17H29NO/c1-5-8-13-18(14(4)6-2)16-11-9-15(10-12-16)17(19)7-3/h9-12,14,17,19H,5-8,13H2,1-4H3/t14?,17-/m1/s1. The minimum atomic E-state index is -0.332. The molecule has 0 amide bonds. The molecule has 0 aromatic heterocycles. The first-order chi connectivity index (χ1) is 9.13. The minimum absolute atomic E-state index is 0.332. The van der Waals surface area contributed by atoms with Crippen LogP contribution in [-0.4, -0.2) is 17.7 Å². The van der Waals surface area contributed by atoms with Gasteiger partial charge in [-0.25, -0.2) is 0 Å². The Hall–Kier alpha value is -1.02. The highest BCUT2D eigenvalue weighted by atomic mass is 16.3. The molecule has 19 heavy (non-hydrogen) atoms. The van der Waals surface area contributed by atoms with Crippen molar-refractivity contribution in [1.82, 2.24) is 0 Å². The van der Waals surface area contributed by atoms with E-state index in [9.17, 15) is 5.11 Å². The van der Waals surface area contributed by atoms with E-state index >= 15 is 0 Å². The van der Waals surface area contributed by atoms with Crippen molar-refractivity contribution in [2.45, 2.75) is 65.5 Å². The Morgan fingerprint density at radius 3 is 2.16 bits per heavy atom. The smallest absolute Gasteiger partial charge is 0.0787 e. The first kappa shape index (κ1) is 16.0. The summed E-state index contributed by atoms with van der Waals surface area (Å²) in [5.41, 5.74) is 2.29. The van der Waals surface area contributed by atoms with Crippen molar-refractivity contribution < 1.29 is 5.11 Å². The monoisotopic (exact) mass is 263 g/mol. The van der Waals surface area contributed by atoms with Crippen LogP contribution in [0.1, 0.15) is 65.0 Å². The Bertz CT molecular complexity index is 347. The number of hydrogen-bond acceptors (Lipinski definition) is 2. The van der Waals surface area contributed by atoms with E-state index in [2.05, 4.69) is 49.9 Å². The van der Waals surface area contributed by atoms with Gasteiger partial charge >= 0.3 is 0 Å². The molecular weight excluding hydrogens is 234 g/mol. The quantitative estimate of drug-likeness (QED) is 0.744. The second-order valence-electron chi connectivity index (χ2n) is 5.32. The summed E-state index contributed by atoms with van der Waals surface area (Å²) in [4.78, 5) is 2.48. The van der Waals surface area contributed by atoms with Crippen LogP contribution in [0.4, 0.5) is 5.69 Å². The van der Waals surface area contributed by atoms with Crippen LogP contribution in [0.2, 0.25) is 0 Å². The van der Waals surface area contributed by atoms with Gasteiger partial charge in [0.05, 0.1) is 6.10 Å². The summed E-state index contributed by atoms with van der Waals surface area (Å²) in [7, 11) is 0. The molecule has 0 saturated heterocycles. The van der Waals surface area contributed by atoms with E-state index < -0.39 is 0 Å². The van der Waals surface area contributed by atoms with Gasteiger partial charge in [0.1, 0.15) is 0 Å². The highest BCUT2D eigenvalue weighted by Crippen LogP contribution is 2.23. The Morgan fingerprint density at radius 1 is 1.05 bits per heavy atom. The number of aliphatic hydroxyl groups excluding tert-OH is 1. The van der Waals surface area contributed by atoms with Gasteiger partial charge in [-0.05, 0) is 43.9 Å². The van der Waals surface area contributed by atoms with Crippen LogP contribution in [0, 0.1) is 0 Å². The maximum Gasteiger partial charge on any atom is 0.0787 e. The summed E-state index contributed by atoms with van der Waals surface area (Å²) in [6, 6.07) is 8.98. The van der Waals surface area contributed by atoms with Crippen LogP contribution in [0.5, 0.6) is 0 Å². The molecule has 0 bridgehead atoms. The average molecular weight is 263 g/mol. The summed E-state index contributed by atoms with van der Waals surface area (Å²) in [6.07, 6.45) is 4.04. The SMILES string of the molecule is CCCCN(c1ccc([C@H](O)CC)cc1)C(C)CC. The van der Waals surface area contributed by atoms with Gasteiger partial charge in [-0.3, -0.25) is 0 Å². The predicted molar refractivity (Wildman–Crippen MR) is 83.7 cm³/mol. The van der Waals surface area contributed by atoms with Crippen molar-refractivity contribution in [2.24, 2.45) is 0 Å². The molecule has 0 spiro atoms. The van der Waals surface area contributed by atoms with Crippen LogP contribution in [0.3, 0.4) is 0 Å². The molecule has 0 aliphatic rings. The largest absolute Gasteiger partial charge is 0.388 e. The molecule has 0 radical (unpaired) electrons. The van der Waals surface area contributed by atoms with Crippen molar-refractivity contribution in [2.75, 3.05) is 11.4 Å². The highest BCUT2D eigenvalue weighted by molar-refractivity contribution is 5.48. The third kappa shape index (κ3) is 4.54. The van der Waals surface area contributed by atoms with Gasteiger partial charge in [0.15, 0.2) is 0 Å². The second-order valence-corrected chi connectivity index (χ2v) is 5.32. The Kier molecular flexibility index (Phi) is 6.93. The first-order valence-corrected chi connectivity index (χ1v) is 7.68. The zero-order valence-corrected chi connectivity index (χ0v) is 12.9. The van der Waals surface area contributed by atoms with Crippen molar-refractivity contribution in [3.05, 3.63) is 29.8 Å². The summed E-state index contributed by atoms with van der Waals surface area (Å²) in [5.74, 6) is 0. The van der Waals surface area contributed by atoms with E-state index in [-0.39, 0.29) is 6.10 Å². The van der Waals surface area contributed by atoms with Crippen LogP contribution in [0.25, 0.3) is 0 Å². The molecule has 1 N–H and O–H groups in total. The maximum atomic E-state index is 9.84. The zero-order valence-electron chi connectivity index (χ0n) is 12.9. The van der Waals surface area contributed by atoms with E-state index in [0.29, 0.717) is 6.04 Å². The highest BCUT2D eigenvalue weighted by Gasteiger charge is 2.13. The van der Waals surface area contributed by atoms with Gasteiger partial charge in [-0.15, -0.1) is 0 Å². The topological polar surface area (TPSA) is 23.5 Å². The van der Waals surface area contributed by atoms with Crippen molar-refractivity contribution in [3.63, 3.8) is 0 Å². The number of anilines is 1. The fraction of sp³-hybridized carbons (Fsp3) is 0.647. The van der Waals surface area contributed by atoms with E-state index in [1.807, 2.05) is 6.92 Å². The van der Waals surface area contributed by atoms with E-state index in [0.717, 1.165) is 24.9 Å². The summed E-state index contributed by atoms with van der Waals surface area (Å²) < 4.78 is 0. The lowest BCUT2D eigenvalue weighted by Gasteiger charge is -2.31. The molecular formula is C17H29NO. The third-order valence-electron chi connectivity index (χ3n) is 3.87. The molecule has 2 heteroatoms. The van der Waals surface area contributed by atoms with Gasteiger partial charge in [-0.1, -0.05) is 39.3 Å². The average Bonchev–Trinajstić information content (AvgIpc) is 2.47. The molecule has 2 atom stereocenters. The molecule has 0 aliphatic carbocycles. The van der Waals surface area contributed by atoms with E-state index in [1.165, 1.54) is 18.5 Å². The number of aliphatic hydroxyl groups is 1. The van der Waals surface area contributed by atoms with Crippen LogP contribution < -0.4 is 4.90 Å². The maximum absolute atomic E-state index is 9.84.